The van der Waals surface area contributed by atoms with Crippen molar-refractivity contribution in [2.45, 2.75) is 0 Å². The molecule has 0 saturated carbocycles. The van der Waals surface area contributed by atoms with Crippen LogP contribution in [0.4, 0.5) is 5.82 Å². The van der Waals surface area contributed by atoms with E-state index in [1.165, 1.54) is 6.07 Å². The van der Waals surface area contributed by atoms with Gasteiger partial charge in [0.2, 0.25) is 5.28 Å². The van der Waals surface area contributed by atoms with E-state index in [1.54, 1.807) is 18.2 Å². The number of carboxylic acid groups (broad SMARTS) is 1. The highest BCUT2D eigenvalue weighted by atomic mass is 35.5. The molecule has 0 fully saturated rings. The average Bonchev–Trinajstić information content (AvgIpc) is 2.33. The smallest absolute Gasteiger partial charge is 0.336 e. The Labute approximate surface area is 124 Å². The van der Waals surface area contributed by atoms with E-state index in [1.807, 2.05) is 0 Å². The summed E-state index contributed by atoms with van der Waals surface area (Å²) in [5, 5.41) is 9.09. The van der Waals surface area contributed by atoms with Gasteiger partial charge in [-0.3, -0.25) is 0 Å². The van der Waals surface area contributed by atoms with Crippen molar-refractivity contribution in [3.05, 3.63) is 40.1 Å². The third kappa shape index (κ3) is 3.07. The van der Waals surface area contributed by atoms with Crippen LogP contribution in [-0.4, -0.2) is 21.0 Å². The van der Waals surface area contributed by atoms with Gasteiger partial charge in [-0.2, -0.15) is 4.98 Å². The number of nitrogens with two attached hydrogens (primary N) is 1. The molecule has 2 rings (SSSR count). The molecule has 1 aromatic heterocycles. The van der Waals surface area contributed by atoms with Crippen molar-refractivity contribution in [3.63, 3.8) is 0 Å². The second kappa shape index (κ2) is 6.06. The number of rotatable bonds is 2. The van der Waals surface area contributed by atoms with Gasteiger partial charge in [0.25, 0.3) is 0 Å². The number of aromatic nitrogens is 2. The first-order valence-electron chi connectivity index (χ1n) is 4.82. The van der Waals surface area contributed by atoms with Crippen LogP contribution in [0.25, 0.3) is 11.3 Å². The minimum atomic E-state index is -1.09. The van der Waals surface area contributed by atoms with Gasteiger partial charge in [-0.15, -0.1) is 12.4 Å². The molecule has 3 N–H and O–H groups in total. The standard InChI is InChI=1S/C11H7Cl2N3O2.ClH/c12-7-8(15-11(13)16-9(7)14)5-3-1-2-4-6(5)10(17)18;/h1-4H,(H,17,18)(H2,14,15,16);1H. The second-order valence-corrected chi connectivity index (χ2v) is 4.11. The number of aromatic carboxylic acids is 1. The van der Waals surface area contributed by atoms with Crippen LogP contribution in [0.1, 0.15) is 10.4 Å². The Kier molecular flexibility index (Phi) is 4.94. The molecule has 0 aliphatic heterocycles. The summed E-state index contributed by atoms with van der Waals surface area (Å²) in [4.78, 5) is 18.7. The van der Waals surface area contributed by atoms with Crippen LogP contribution in [0.5, 0.6) is 0 Å². The molecule has 8 heteroatoms. The third-order valence-electron chi connectivity index (χ3n) is 2.26. The van der Waals surface area contributed by atoms with E-state index in [-0.39, 0.29) is 39.8 Å². The number of anilines is 1. The van der Waals surface area contributed by atoms with E-state index in [4.69, 9.17) is 34.0 Å². The fourth-order valence-corrected chi connectivity index (χ4v) is 1.85. The minimum absolute atomic E-state index is 0. The van der Waals surface area contributed by atoms with Gasteiger partial charge in [-0.25, -0.2) is 9.78 Å². The van der Waals surface area contributed by atoms with E-state index >= 15 is 0 Å². The highest BCUT2D eigenvalue weighted by molar-refractivity contribution is 6.36. The van der Waals surface area contributed by atoms with Crippen LogP contribution in [0.3, 0.4) is 0 Å². The lowest BCUT2D eigenvalue weighted by molar-refractivity contribution is 0.0697. The van der Waals surface area contributed by atoms with E-state index in [0.717, 1.165) is 0 Å². The molecule has 0 spiro atoms. The summed E-state index contributed by atoms with van der Waals surface area (Å²) < 4.78 is 0. The summed E-state index contributed by atoms with van der Waals surface area (Å²) in [6.07, 6.45) is 0. The fourth-order valence-electron chi connectivity index (χ4n) is 1.49. The second-order valence-electron chi connectivity index (χ2n) is 3.39. The molecule has 0 amide bonds. The van der Waals surface area contributed by atoms with Gasteiger partial charge in [0.05, 0.1) is 11.3 Å². The summed E-state index contributed by atoms with van der Waals surface area (Å²) in [5.74, 6) is -1.08. The zero-order chi connectivity index (χ0) is 13.3. The van der Waals surface area contributed by atoms with Gasteiger partial charge in [0, 0.05) is 5.56 Å². The molecule has 19 heavy (non-hydrogen) atoms. The lowest BCUT2D eigenvalue weighted by Gasteiger charge is -2.08. The van der Waals surface area contributed by atoms with Crippen LogP contribution in [0, 0.1) is 0 Å². The molecule has 5 nitrogen and oxygen atoms in total. The van der Waals surface area contributed by atoms with Crippen LogP contribution in [0.15, 0.2) is 24.3 Å². The fraction of sp³-hybridized carbons (Fsp3) is 0. The van der Waals surface area contributed by atoms with Crippen LogP contribution in [0.2, 0.25) is 10.3 Å². The molecule has 0 aliphatic rings. The highest BCUT2D eigenvalue weighted by Gasteiger charge is 2.17. The summed E-state index contributed by atoms with van der Waals surface area (Å²) in [7, 11) is 0. The maximum Gasteiger partial charge on any atom is 0.336 e. The van der Waals surface area contributed by atoms with E-state index in [2.05, 4.69) is 9.97 Å². The molecule has 0 radical (unpaired) electrons. The van der Waals surface area contributed by atoms with Crippen molar-refractivity contribution in [2.75, 3.05) is 5.73 Å². The molecule has 0 bridgehead atoms. The Morgan fingerprint density at radius 1 is 1.21 bits per heavy atom. The summed E-state index contributed by atoms with van der Waals surface area (Å²) >= 11 is 11.7. The van der Waals surface area contributed by atoms with Crippen LogP contribution in [-0.2, 0) is 0 Å². The summed E-state index contributed by atoms with van der Waals surface area (Å²) in [6.45, 7) is 0. The number of halogens is 3. The first-order valence-corrected chi connectivity index (χ1v) is 5.57. The lowest BCUT2D eigenvalue weighted by atomic mass is 10.0. The van der Waals surface area contributed by atoms with Gasteiger partial charge in [0.1, 0.15) is 10.8 Å². The maximum absolute atomic E-state index is 11.1. The topological polar surface area (TPSA) is 89.1 Å². The number of nitrogen functional groups attached to an aromatic ring is 1. The number of carboxylic acids is 1. The quantitative estimate of drug-likeness (QED) is 0.830. The van der Waals surface area contributed by atoms with Crippen LogP contribution >= 0.6 is 35.6 Å². The third-order valence-corrected chi connectivity index (χ3v) is 2.80. The lowest BCUT2D eigenvalue weighted by Crippen LogP contribution is -2.03. The first-order chi connectivity index (χ1) is 8.50. The normalized spacial score (nSPS) is 9.79. The number of hydrogen-bond donors (Lipinski definition) is 2. The minimum Gasteiger partial charge on any atom is -0.478 e. The summed E-state index contributed by atoms with van der Waals surface area (Å²) in [5.41, 5.74) is 6.17. The number of benzene rings is 1. The van der Waals surface area contributed by atoms with Crippen LogP contribution < -0.4 is 5.73 Å². The van der Waals surface area contributed by atoms with E-state index in [9.17, 15) is 4.79 Å². The SMILES string of the molecule is Cl.Nc1nc(Cl)nc(-c2ccccc2C(=O)O)c1Cl. The first kappa shape index (κ1) is 15.5. The van der Waals surface area contributed by atoms with E-state index in [0.29, 0.717) is 5.56 Å². The molecule has 2 aromatic rings. The zero-order valence-electron chi connectivity index (χ0n) is 9.30. The van der Waals surface area contributed by atoms with Gasteiger partial charge >= 0.3 is 5.97 Å². The Balaban J connectivity index is 0.00000180. The molecule has 0 unspecified atom stereocenters. The number of hydrogen-bond acceptors (Lipinski definition) is 4. The number of carbonyl (C=O) groups is 1. The Morgan fingerprint density at radius 3 is 2.47 bits per heavy atom. The molecular formula is C11H8Cl3N3O2. The zero-order valence-corrected chi connectivity index (χ0v) is 11.6. The molecule has 1 heterocycles. The Hall–Kier alpha value is -1.56. The molecule has 1 aromatic carbocycles. The largest absolute Gasteiger partial charge is 0.478 e. The predicted octanol–water partition coefficient (Wildman–Crippen LogP) is 3.15. The molecular weight excluding hydrogens is 312 g/mol. The Bertz CT molecular complexity index is 635. The van der Waals surface area contributed by atoms with Gasteiger partial charge in [-0.05, 0) is 17.7 Å². The molecule has 0 saturated heterocycles. The van der Waals surface area contributed by atoms with E-state index < -0.39 is 5.97 Å². The van der Waals surface area contributed by atoms with Crippen molar-refractivity contribution < 1.29 is 9.90 Å². The molecule has 0 aliphatic carbocycles. The van der Waals surface area contributed by atoms with Gasteiger partial charge < -0.3 is 10.8 Å². The summed E-state index contributed by atoms with van der Waals surface area (Å²) in [6, 6.07) is 6.30. The molecule has 0 atom stereocenters. The van der Waals surface area contributed by atoms with Gasteiger partial charge in [0.15, 0.2) is 0 Å². The van der Waals surface area contributed by atoms with Gasteiger partial charge in [-0.1, -0.05) is 29.8 Å². The number of nitrogens with zero attached hydrogens (tertiary/aromatic N) is 2. The maximum atomic E-state index is 11.1. The van der Waals surface area contributed by atoms with Crippen molar-refractivity contribution >= 4 is 47.4 Å². The van der Waals surface area contributed by atoms with Crippen molar-refractivity contribution in [3.8, 4) is 11.3 Å². The van der Waals surface area contributed by atoms with Crippen molar-refractivity contribution in [1.29, 1.82) is 0 Å². The molecule has 100 valence electrons. The Morgan fingerprint density at radius 2 is 1.84 bits per heavy atom. The predicted molar refractivity (Wildman–Crippen MR) is 76.1 cm³/mol. The van der Waals surface area contributed by atoms with Crippen molar-refractivity contribution in [1.82, 2.24) is 9.97 Å². The average molecular weight is 321 g/mol. The highest BCUT2D eigenvalue weighted by Crippen LogP contribution is 2.32. The van der Waals surface area contributed by atoms with Crippen molar-refractivity contribution in [2.24, 2.45) is 0 Å². The monoisotopic (exact) mass is 319 g/mol.